The summed E-state index contributed by atoms with van der Waals surface area (Å²) in [7, 11) is 0. The highest BCUT2D eigenvalue weighted by atomic mass is 16.5. The van der Waals surface area contributed by atoms with Crippen molar-refractivity contribution in [3.05, 3.63) is 0 Å². The fourth-order valence-corrected chi connectivity index (χ4v) is 1.10. The number of aliphatic carboxylic acids is 2. The lowest BCUT2D eigenvalue weighted by molar-refractivity contribution is -0.142. The van der Waals surface area contributed by atoms with Crippen LogP contribution in [0.25, 0.3) is 0 Å². The van der Waals surface area contributed by atoms with Gasteiger partial charge < -0.3 is 14.9 Å². The summed E-state index contributed by atoms with van der Waals surface area (Å²) in [6.45, 7) is 4.01. The summed E-state index contributed by atoms with van der Waals surface area (Å²) < 4.78 is 5.33. The van der Waals surface area contributed by atoms with E-state index in [2.05, 4.69) is 0 Å². The summed E-state index contributed by atoms with van der Waals surface area (Å²) in [6.07, 6.45) is 0.535. The highest BCUT2D eigenvalue weighted by Crippen LogP contribution is 2.11. The molecular formula is C10H18O5. The SMILES string of the molecule is CCC(C)OCC(CC(=O)O)CC(=O)O. The monoisotopic (exact) mass is 218 g/mol. The third-order valence-electron chi connectivity index (χ3n) is 2.12. The lowest BCUT2D eigenvalue weighted by Gasteiger charge is -2.16. The Morgan fingerprint density at radius 2 is 1.67 bits per heavy atom. The molecule has 0 aromatic heterocycles. The molecule has 5 heteroatoms. The van der Waals surface area contributed by atoms with E-state index in [0.29, 0.717) is 0 Å². The van der Waals surface area contributed by atoms with Gasteiger partial charge in [-0.05, 0) is 13.3 Å². The van der Waals surface area contributed by atoms with Gasteiger partial charge in [-0.2, -0.15) is 0 Å². The Balaban J connectivity index is 4.00. The van der Waals surface area contributed by atoms with Crippen molar-refractivity contribution in [1.29, 1.82) is 0 Å². The smallest absolute Gasteiger partial charge is 0.303 e. The van der Waals surface area contributed by atoms with E-state index in [9.17, 15) is 9.59 Å². The van der Waals surface area contributed by atoms with E-state index in [-0.39, 0.29) is 25.6 Å². The minimum absolute atomic E-state index is 0.0371. The van der Waals surface area contributed by atoms with E-state index in [1.807, 2.05) is 13.8 Å². The van der Waals surface area contributed by atoms with Crippen molar-refractivity contribution >= 4 is 11.9 Å². The van der Waals surface area contributed by atoms with E-state index in [4.69, 9.17) is 14.9 Å². The van der Waals surface area contributed by atoms with Crippen molar-refractivity contribution in [3.63, 3.8) is 0 Å². The van der Waals surface area contributed by atoms with Gasteiger partial charge >= 0.3 is 11.9 Å². The predicted molar refractivity (Wildman–Crippen MR) is 53.7 cm³/mol. The molecule has 0 amide bonds. The van der Waals surface area contributed by atoms with Crippen LogP contribution in [0, 0.1) is 5.92 Å². The molecule has 0 spiro atoms. The lowest BCUT2D eigenvalue weighted by atomic mass is 10.0. The maximum atomic E-state index is 10.5. The quantitative estimate of drug-likeness (QED) is 0.642. The van der Waals surface area contributed by atoms with Gasteiger partial charge in [0.2, 0.25) is 0 Å². The zero-order chi connectivity index (χ0) is 11.8. The second-order valence-corrected chi connectivity index (χ2v) is 3.61. The molecule has 0 aliphatic carbocycles. The number of hydrogen-bond donors (Lipinski definition) is 2. The van der Waals surface area contributed by atoms with Crippen molar-refractivity contribution < 1.29 is 24.5 Å². The number of hydrogen-bond acceptors (Lipinski definition) is 3. The van der Waals surface area contributed by atoms with Crippen molar-refractivity contribution in [2.24, 2.45) is 5.92 Å². The maximum absolute atomic E-state index is 10.5. The van der Waals surface area contributed by atoms with Gasteiger partial charge in [0.15, 0.2) is 0 Å². The fourth-order valence-electron chi connectivity index (χ4n) is 1.10. The Morgan fingerprint density at radius 1 is 1.20 bits per heavy atom. The first-order valence-electron chi connectivity index (χ1n) is 5.00. The first kappa shape index (κ1) is 13.9. The molecule has 0 rings (SSSR count). The summed E-state index contributed by atoms with van der Waals surface area (Å²) in [5.41, 5.74) is 0. The molecular weight excluding hydrogens is 200 g/mol. The van der Waals surface area contributed by atoms with Gasteiger partial charge in [-0.15, -0.1) is 0 Å². The normalized spacial score (nSPS) is 12.7. The van der Waals surface area contributed by atoms with Gasteiger partial charge in [0, 0.05) is 5.92 Å². The van der Waals surface area contributed by atoms with Crippen LogP contribution in [0.2, 0.25) is 0 Å². The number of carboxylic acid groups (broad SMARTS) is 2. The molecule has 0 saturated heterocycles. The largest absolute Gasteiger partial charge is 0.481 e. The Hall–Kier alpha value is -1.10. The molecule has 1 unspecified atom stereocenters. The number of rotatable bonds is 8. The van der Waals surface area contributed by atoms with Crippen molar-refractivity contribution in [3.8, 4) is 0 Å². The van der Waals surface area contributed by atoms with E-state index >= 15 is 0 Å². The second-order valence-electron chi connectivity index (χ2n) is 3.61. The molecule has 5 nitrogen and oxygen atoms in total. The van der Waals surface area contributed by atoms with Crippen LogP contribution >= 0.6 is 0 Å². The van der Waals surface area contributed by atoms with Gasteiger partial charge in [0.05, 0.1) is 25.6 Å². The van der Waals surface area contributed by atoms with Crippen LogP contribution in [0.5, 0.6) is 0 Å². The first-order valence-corrected chi connectivity index (χ1v) is 5.00. The lowest BCUT2D eigenvalue weighted by Crippen LogP contribution is -2.20. The first-order chi connectivity index (χ1) is 6.95. The molecule has 0 aromatic rings. The van der Waals surface area contributed by atoms with Crippen LogP contribution in [-0.2, 0) is 14.3 Å². The second kappa shape index (κ2) is 7.23. The molecule has 0 aliphatic heterocycles. The fraction of sp³-hybridized carbons (Fsp3) is 0.800. The van der Waals surface area contributed by atoms with E-state index in [1.54, 1.807) is 0 Å². The standard InChI is InChI=1S/C10H18O5/c1-3-7(2)15-6-8(4-9(11)12)5-10(13)14/h7-8H,3-6H2,1-2H3,(H,11,12)(H,13,14). The van der Waals surface area contributed by atoms with Gasteiger partial charge in [0.1, 0.15) is 0 Å². The zero-order valence-electron chi connectivity index (χ0n) is 9.10. The van der Waals surface area contributed by atoms with E-state index in [1.165, 1.54) is 0 Å². The van der Waals surface area contributed by atoms with Crippen molar-refractivity contribution in [2.75, 3.05) is 6.61 Å². The predicted octanol–water partition coefficient (Wildman–Crippen LogP) is 1.37. The summed E-state index contributed by atoms with van der Waals surface area (Å²) in [4.78, 5) is 20.9. The van der Waals surface area contributed by atoms with E-state index < -0.39 is 17.9 Å². The van der Waals surface area contributed by atoms with Crippen LogP contribution in [0.15, 0.2) is 0 Å². The topological polar surface area (TPSA) is 83.8 Å². The van der Waals surface area contributed by atoms with Crippen molar-refractivity contribution in [1.82, 2.24) is 0 Å². The zero-order valence-corrected chi connectivity index (χ0v) is 9.10. The Labute approximate surface area is 89.0 Å². The summed E-state index contributed by atoms with van der Waals surface area (Å²) in [6, 6.07) is 0. The maximum Gasteiger partial charge on any atom is 0.303 e. The Bertz CT molecular complexity index is 198. The molecule has 2 N–H and O–H groups in total. The Kier molecular flexibility index (Phi) is 6.70. The van der Waals surface area contributed by atoms with Gasteiger partial charge in [-0.3, -0.25) is 9.59 Å². The molecule has 0 bridgehead atoms. The third kappa shape index (κ3) is 7.93. The average Bonchev–Trinajstić information content (AvgIpc) is 2.11. The van der Waals surface area contributed by atoms with Crippen LogP contribution in [0.1, 0.15) is 33.1 Å². The summed E-state index contributed by atoms with van der Waals surface area (Å²) >= 11 is 0. The van der Waals surface area contributed by atoms with Gasteiger partial charge in [0.25, 0.3) is 0 Å². The molecule has 0 aliphatic rings. The average molecular weight is 218 g/mol. The summed E-state index contributed by atoms with van der Waals surface area (Å²) in [5, 5.41) is 17.1. The summed E-state index contributed by atoms with van der Waals surface area (Å²) in [5.74, 6) is -2.43. The third-order valence-corrected chi connectivity index (χ3v) is 2.12. The van der Waals surface area contributed by atoms with Crippen molar-refractivity contribution in [2.45, 2.75) is 39.2 Å². The number of carboxylic acids is 2. The minimum atomic E-state index is -0.992. The van der Waals surface area contributed by atoms with Crippen LogP contribution in [0.3, 0.4) is 0 Å². The molecule has 88 valence electrons. The van der Waals surface area contributed by atoms with Gasteiger partial charge in [-0.1, -0.05) is 6.92 Å². The van der Waals surface area contributed by atoms with Crippen LogP contribution in [-0.4, -0.2) is 34.9 Å². The molecule has 0 aromatic carbocycles. The minimum Gasteiger partial charge on any atom is -0.481 e. The van der Waals surface area contributed by atoms with E-state index in [0.717, 1.165) is 6.42 Å². The highest BCUT2D eigenvalue weighted by Gasteiger charge is 2.17. The Morgan fingerprint density at radius 3 is 2.00 bits per heavy atom. The van der Waals surface area contributed by atoms with Crippen LogP contribution in [0.4, 0.5) is 0 Å². The highest BCUT2D eigenvalue weighted by molar-refractivity contribution is 5.70. The molecule has 15 heavy (non-hydrogen) atoms. The molecule has 0 fully saturated rings. The van der Waals surface area contributed by atoms with Crippen LogP contribution < -0.4 is 0 Å². The number of carbonyl (C=O) groups is 2. The molecule has 1 atom stereocenters. The molecule has 0 radical (unpaired) electrons. The molecule has 0 heterocycles. The number of ether oxygens (including phenoxy) is 1. The molecule has 0 saturated carbocycles. The van der Waals surface area contributed by atoms with Gasteiger partial charge in [-0.25, -0.2) is 0 Å².